The van der Waals surface area contributed by atoms with Gasteiger partial charge in [-0.25, -0.2) is 8.91 Å². The molecule has 0 spiro atoms. The van der Waals surface area contributed by atoms with E-state index in [1.54, 1.807) is 47.0 Å². The van der Waals surface area contributed by atoms with E-state index in [1.165, 1.54) is 6.07 Å². The predicted octanol–water partition coefficient (Wildman–Crippen LogP) is 3.50. The molecular weight excluding hydrogens is 421 g/mol. The standard InChI is InChI=1S/C25H26FN5O2/c1-30-15-18(14-28-30)19-9-8-16(12-20(19)26)11-17-13-23(31-22(17)6-4-10-27-31)25(33)29-21-5-2-3-7-24(21)32/h4,6,8-10,12-15,21,24,32H,2-3,5,7,11H2,1H3,(H,29,33)/t21-,24-/m0/s1. The van der Waals surface area contributed by atoms with Crippen molar-refractivity contribution in [1.29, 1.82) is 0 Å². The molecule has 1 fully saturated rings. The largest absolute Gasteiger partial charge is 0.391 e. The van der Waals surface area contributed by atoms with Gasteiger partial charge in [0.15, 0.2) is 0 Å². The number of benzene rings is 1. The Labute approximate surface area is 190 Å². The molecule has 1 amide bonds. The molecule has 1 aromatic carbocycles. The molecule has 170 valence electrons. The first-order valence-electron chi connectivity index (χ1n) is 11.2. The summed E-state index contributed by atoms with van der Waals surface area (Å²) in [6.07, 6.45) is 8.40. The highest BCUT2D eigenvalue weighted by Crippen LogP contribution is 2.26. The second-order valence-electron chi connectivity index (χ2n) is 8.70. The van der Waals surface area contributed by atoms with Gasteiger partial charge in [-0.05, 0) is 54.7 Å². The minimum Gasteiger partial charge on any atom is -0.391 e. The van der Waals surface area contributed by atoms with Crippen LogP contribution in [0, 0.1) is 5.82 Å². The first kappa shape index (κ1) is 21.3. The molecular formula is C25H26FN5O2. The van der Waals surface area contributed by atoms with Crippen LogP contribution in [0.4, 0.5) is 4.39 Å². The first-order valence-corrected chi connectivity index (χ1v) is 11.2. The van der Waals surface area contributed by atoms with Crippen molar-refractivity contribution in [2.24, 2.45) is 7.05 Å². The third kappa shape index (κ3) is 4.26. The van der Waals surface area contributed by atoms with Crippen molar-refractivity contribution in [3.8, 4) is 11.1 Å². The van der Waals surface area contributed by atoms with Crippen molar-refractivity contribution in [2.45, 2.75) is 44.2 Å². The molecule has 0 radical (unpaired) electrons. The number of fused-ring (bicyclic) bond motifs is 1. The molecule has 0 bridgehead atoms. The van der Waals surface area contributed by atoms with Crippen LogP contribution in [-0.4, -0.2) is 42.6 Å². The molecule has 0 saturated heterocycles. The van der Waals surface area contributed by atoms with Crippen LogP contribution in [-0.2, 0) is 13.5 Å². The number of carbonyl (C=O) groups is 1. The molecule has 1 aliphatic carbocycles. The van der Waals surface area contributed by atoms with Crippen LogP contribution < -0.4 is 5.32 Å². The number of aromatic nitrogens is 4. The number of carbonyl (C=O) groups excluding carboxylic acids is 1. The Kier molecular flexibility index (Phi) is 5.68. The fourth-order valence-corrected chi connectivity index (χ4v) is 4.62. The predicted molar refractivity (Wildman–Crippen MR) is 122 cm³/mol. The lowest BCUT2D eigenvalue weighted by Crippen LogP contribution is -2.45. The minimum atomic E-state index is -0.525. The summed E-state index contributed by atoms with van der Waals surface area (Å²) in [5.74, 6) is -0.578. The molecule has 1 saturated carbocycles. The van der Waals surface area contributed by atoms with Crippen LogP contribution >= 0.6 is 0 Å². The van der Waals surface area contributed by atoms with Crippen LogP contribution in [0.1, 0.15) is 47.3 Å². The number of aliphatic hydroxyl groups excluding tert-OH is 1. The van der Waals surface area contributed by atoms with Crippen LogP contribution in [0.25, 0.3) is 16.6 Å². The Morgan fingerprint density at radius 3 is 2.82 bits per heavy atom. The number of nitrogens with one attached hydrogen (secondary N) is 1. The summed E-state index contributed by atoms with van der Waals surface area (Å²) in [5.41, 5.74) is 4.11. The Balaban J connectivity index is 1.42. The van der Waals surface area contributed by atoms with Gasteiger partial charge in [-0.3, -0.25) is 9.48 Å². The third-order valence-corrected chi connectivity index (χ3v) is 6.34. The molecule has 1 aliphatic rings. The van der Waals surface area contributed by atoms with Crippen LogP contribution in [0.2, 0.25) is 0 Å². The van der Waals surface area contributed by atoms with Crippen molar-refractivity contribution in [2.75, 3.05) is 0 Å². The summed E-state index contributed by atoms with van der Waals surface area (Å²) in [6, 6.07) is 10.4. The summed E-state index contributed by atoms with van der Waals surface area (Å²) in [6.45, 7) is 0. The lowest BCUT2D eigenvalue weighted by atomic mass is 9.92. The van der Waals surface area contributed by atoms with Gasteiger partial charge in [0.1, 0.15) is 11.5 Å². The fourth-order valence-electron chi connectivity index (χ4n) is 4.62. The van der Waals surface area contributed by atoms with E-state index in [0.29, 0.717) is 24.1 Å². The van der Waals surface area contributed by atoms with E-state index in [1.807, 2.05) is 18.2 Å². The molecule has 2 atom stereocenters. The summed E-state index contributed by atoms with van der Waals surface area (Å²) < 4.78 is 18.1. The van der Waals surface area contributed by atoms with E-state index in [4.69, 9.17) is 0 Å². The molecule has 0 unspecified atom stereocenters. The SMILES string of the molecule is Cn1cc(-c2ccc(Cc3cc(C(=O)N[C@H]4CCCC[C@@H]4O)n4ncccc34)cc2F)cn1. The molecule has 3 heterocycles. The minimum absolute atomic E-state index is 0.252. The normalized spacial score (nSPS) is 18.5. The number of hydrogen-bond acceptors (Lipinski definition) is 4. The lowest BCUT2D eigenvalue weighted by molar-refractivity contribution is 0.0712. The number of amides is 1. The van der Waals surface area contributed by atoms with Gasteiger partial charge >= 0.3 is 0 Å². The molecule has 0 aliphatic heterocycles. The first-order chi connectivity index (χ1) is 16.0. The molecule has 33 heavy (non-hydrogen) atoms. The highest BCUT2D eigenvalue weighted by atomic mass is 19.1. The van der Waals surface area contributed by atoms with E-state index in [-0.39, 0.29) is 17.8 Å². The van der Waals surface area contributed by atoms with Crippen molar-refractivity contribution in [3.63, 3.8) is 0 Å². The number of aliphatic hydroxyl groups is 1. The average Bonchev–Trinajstić information content (AvgIpc) is 3.39. The smallest absolute Gasteiger partial charge is 0.270 e. The zero-order valence-corrected chi connectivity index (χ0v) is 18.4. The zero-order chi connectivity index (χ0) is 22.9. The lowest BCUT2D eigenvalue weighted by Gasteiger charge is -2.28. The maximum atomic E-state index is 14.8. The quantitative estimate of drug-likeness (QED) is 0.491. The molecule has 3 aromatic heterocycles. The second kappa shape index (κ2) is 8.78. The number of rotatable bonds is 5. The highest BCUT2D eigenvalue weighted by molar-refractivity contribution is 5.94. The topological polar surface area (TPSA) is 84.5 Å². The Morgan fingerprint density at radius 1 is 1.21 bits per heavy atom. The average molecular weight is 448 g/mol. The number of aryl methyl sites for hydroxylation is 1. The van der Waals surface area contributed by atoms with E-state index < -0.39 is 6.10 Å². The van der Waals surface area contributed by atoms with Gasteiger partial charge < -0.3 is 10.4 Å². The van der Waals surface area contributed by atoms with E-state index in [2.05, 4.69) is 15.5 Å². The highest BCUT2D eigenvalue weighted by Gasteiger charge is 2.26. The summed E-state index contributed by atoms with van der Waals surface area (Å²) in [5, 5.41) is 21.7. The maximum absolute atomic E-state index is 14.8. The number of hydrogen-bond donors (Lipinski definition) is 2. The van der Waals surface area contributed by atoms with E-state index in [9.17, 15) is 14.3 Å². The Hall–Kier alpha value is -3.52. The maximum Gasteiger partial charge on any atom is 0.270 e. The van der Waals surface area contributed by atoms with E-state index >= 15 is 0 Å². The fraction of sp³-hybridized carbons (Fsp3) is 0.320. The van der Waals surface area contributed by atoms with Crippen LogP contribution in [0.3, 0.4) is 0 Å². The van der Waals surface area contributed by atoms with Gasteiger partial charge in [-0.1, -0.05) is 25.0 Å². The summed E-state index contributed by atoms with van der Waals surface area (Å²) in [4.78, 5) is 13.0. The van der Waals surface area contributed by atoms with E-state index in [0.717, 1.165) is 41.5 Å². The van der Waals surface area contributed by atoms with Crippen LogP contribution in [0.15, 0.2) is 55.0 Å². The monoisotopic (exact) mass is 447 g/mol. The van der Waals surface area contributed by atoms with Gasteiger partial charge in [-0.15, -0.1) is 0 Å². The molecule has 5 rings (SSSR count). The van der Waals surface area contributed by atoms with Crippen molar-refractivity contribution < 1.29 is 14.3 Å². The van der Waals surface area contributed by atoms with Gasteiger partial charge in [0, 0.05) is 30.6 Å². The Morgan fingerprint density at radius 2 is 2.06 bits per heavy atom. The molecule has 4 aromatic rings. The molecule has 7 nitrogen and oxygen atoms in total. The zero-order valence-electron chi connectivity index (χ0n) is 18.4. The molecule has 8 heteroatoms. The van der Waals surface area contributed by atoms with Gasteiger partial charge in [-0.2, -0.15) is 10.2 Å². The molecule has 2 N–H and O–H groups in total. The van der Waals surface area contributed by atoms with Crippen molar-refractivity contribution in [1.82, 2.24) is 24.7 Å². The van der Waals surface area contributed by atoms with Crippen molar-refractivity contribution in [3.05, 3.63) is 77.6 Å². The Bertz CT molecular complexity index is 1310. The van der Waals surface area contributed by atoms with Gasteiger partial charge in [0.2, 0.25) is 0 Å². The third-order valence-electron chi connectivity index (χ3n) is 6.34. The van der Waals surface area contributed by atoms with Crippen molar-refractivity contribution >= 4 is 11.4 Å². The summed E-state index contributed by atoms with van der Waals surface area (Å²) >= 11 is 0. The number of nitrogens with zero attached hydrogens (tertiary/aromatic N) is 4. The van der Waals surface area contributed by atoms with Gasteiger partial charge in [0.05, 0.1) is 23.9 Å². The second-order valence-corrected chi connectivity index (χ2v) is 8.70. The number of halogens is 1. The van der Waals surface area contributed by atoms with Crippen LogP contribution in [0.5, 0.6) is 0 Å². The van der Waals surface area contributed by atoms with Gasteiger partial charge in [0.25, 0.3) is 5.91 Å². The summed E-state index contributed by atoms with van der Waals surface area (Å²) in [7, 11) is 1.80.